The van der Waals surface area contributed by atoms with Crippen LogP contribution in [0.1, 0.15) is 25.8 Å². The normalized spacial score (nSPS) is 12.8. The van der Waals surface area contributed by atoms with Crippen molar-refractivity contribution in [3.8, 4) is 0 Å². The predicted molar refractivity (Wildman–Crippen MR) is 51.8 cm³/mol. The van der Waals surface area contributed by atoms with Gasteiger partial charge in [-0.1, -0.05) is 37.3 Å². The maximum atomic E-state index is 2.38. The van der Waals surface area contributed by atoms with Crippen LogP contribution in [0.5, 0.6) is 0 Å². The lowest BCUT2D eigenvalue weighted by atomic mass is 10.2. The van der Waals surface area contributed by atoms with Crippen molar-refractivity contribution in [2.24, 2.45) is 0 Å². The molecule has 0 fully saturated rings. The SMILES string of the molecule is CC[C@@H](C)[NH2+]Cc1ccccc1. The minimum atomic E-state index is 0.741. The molecule has 1 atom stereocenters. The van der Waals surface area contributed by atoms with Crippen LogP contribution in [0.3, 0.4) is 0 Å². The zero-order valence-electron chi connectivity index (χ0n) is 7.96. The molecule has 0 aliphatic rings. The van der Waals surface area contributed by atoms with Crippen LogP contribution in [0.25, 0.3) is 0 Å². The van der Waals surface area contributed by atoms with Crippen LogP contribution >= 0.6 is 0 Å². The summed E-state index contributed by atoms with van der Waals surface area (Å²) in [4.78, 5) is 0. The Bertz CT molecular complexity index is 206. The van der Waals surface area contributed by atoms with Crippen LogP contribution in [-0.4, -0.2) is 6.04 Å². The van der Waals surface area contributed by atoms with Gasteiger partial charge in [0, 0.05) is 5.56 Å². The summed E-state index contributed by atoms with van der Waals surface area (Å²) in [6.07, 6.45) is 1.24. The molecule has 0 saturated carbocycles. The zero-order chi connectivity index (χ0) is 8.81. The van der Waals surface area contributed by atoms with Crippen molar-refractivity contribution in [3.05, 3.63) is 35.9 Å². The maximum absolute atomic E-state index is 2.38. The number of hydrogen-bond donors (Lipinski definition) is 1. The predicted octanol–water partition coefficient (Wildman–Crippen LogP) is 1.55. The molecule has 1 rings (SSSR count). The molecule has 1 aromatic carbocycles. The second kappa shape index (κ2) is 4.94. The van der Waals surface area contributed by atoms with Gasteiger partial charge in [0.25, 0.3) is 0 Å². The third kappa shape index (κ3) is 3.05. The van der Waals surface area contributed by atoms with E-state index in [-0.39, 0.29) is 0 Å². The average Bonchev–Trinajstić information content (AvgIpc) is 2.16. The van der Waals surface area contributed by atoms with E-state index in [4.69, 9.17) is 0 Å². The van der Waals surface area contributed by atoms with Crippen LogP contribution in [0, 0.1) is 0 Å². The molecule has 1 nitrogen and oxygen atoms in total. The summed E-state index contributed by atoms with van der Waals surface area (Å²) in [6.45, 7) is 5.60. The van der Waals surface area contributed by atoms with Crippen molar-refractivity contribution < 1.29 is 5.32 Å². The summed E-state index contributed by atoms with van der Waals surface area (Å²) in [6, 6.07) is 11.4. The Labute approximate surface area is 74.8 Å². The molecular formula is C11H18N+. The van der Waals surface area contributed by atoms with Crippen LogP contribution in [0.15, 0.2) is 30.3 Å². The molecule has 0 spiro atoms. The van der Waals surface area contributed by atoms with Gasteiger partial charge >= 0.3 is 0 Å². The molecule has 0 aromatic heterocycles. The fraction of sp³-hybridized carbons (Fsp3) is 0.455. The summed E-state index contributed by atoms with van der Waals surface area (Å²) in [7, 11) is 0. The van der Waals surface area contributed by atoms with Gasteiger partial charge in [0.2, 0.25) is 0 Å². The third-order valence-corrected chi connectivity index (χ3v) is 2.24. The van der Waals surface area contributed by atoms with Gasteiger partial charge in [0.1, 0.15) is 6.54 Å². The van der Waals surface area contributed by atoms with Gasteiger partial charge in [-0.2, -0.15) is 0 Å². The van der Waals surface area contributed by atoms with E-state index >= 15 is 0 Å². The van der Waals surface area contributed by atoms with Crippen molar-refractivity contribution in [1.29, 1.82) is 0 Å². The molecule has 0 aliphatic carbocycles. The standard InChI is InChI=1S/C11H17N/c1-3-10(2)12-9-11-7-5-4-6-8-11/h4-8,10,12H,3,9H2,1-2H3/p+1/t10-/m1/s1. The first-order chi connectivity index (χ1) is 5.83. The number of benzene rings is 1. The van der Waals surface area contributed by atoms with Gasteiger partial charge in [-0.25, -0.2) is 0 Å². The molecule has 0 bridgehead atoms. The molecule has 0 aliphatic heterocycles. The molecule has 2 N–H and O–H groups in total. The molecule has 0 unspecified atom stereocenters. The Morgan fingerprint density at radius 2 is 1.92 bits per heavy atom. The fourth-order valence-corrected chi connectivity index (χ4v) is 1.12. The van der Waals surface area contributed by atoms with E-state index in [1.165, 1.54) is 12.0 Å². The third-order valence-electron chi connectivity index (χ3n) is 2.24. The lowest BCUT2D eigenvalue weighted by Gasteiger charge is -2.07. The maximum Gasteiger partial charge on any atom is 0.101 e. The Balaban J connectivity index is 2.33. The van der Waals surface area contributed by atoms with Crippen molar-refractivity contribution in [1.82, 2.24) is 0 Å². The van der Waals surface area contributed by atoms with E-state index in [2.05, 4.69) is 49.5 Å². The molecule has 1 aromatic rings. The largest absolute Gasteiger partial charge is 0.340 e. The second-order valence-electron chi connectivity index (χ2n) is 3.31. The van der Waals surface area contributed by atoms with E-state index in [1.54, 1.807) is 0 Å². The highest BCUT2D eigenvalue weighted by Crippen LogP contribution is 1.94. The highest BCUT2D eigenvalue weighted by molar-refractivity contribution is 5.12. The molecule has 12 heavy (non-hydrogen) atoms. The number of quaternary nitrogens is 1. The molecular weight excluding hydrogens is 146 g/mol. The van der Waals surface area contributed by atoms with E-state index in [0.717, 1.165) is 12.6 Å². The summed E-state index contributed by atoms with van der Waals surface area (Å²) < 4.78 is 0. The summed E-state index contributed by atoms with van der Waals surface area (Å²) in [5.41, 5.74) is 1.41. The first kappa shape index (κ1) is 9.27. The summed E-state index contributed by atoms with van der Waals surface area (Å²) >= 11 is 0. The Morgan fingerprint density at radius 3 is 2.50 bits per heavy atom. The van der Waals surface area contributed by atoms with E-state index in [9.17, 15) is 0 Å². The van der Waals surface area contributed by atoms with Crippen LogP contribution in [0.4, 0.5) is 0 Å². The molecule has 0 amide bonds. The molecule has 1 heteroatoms. The van der Waals surface area contributed by atoms with E-state index in [1.807, 2.05) is 0 Å². The highest BCUT2D eigenvalue weighted by atomic mass is 14.9. The minimum Gasteiger partial charge on any atom is -0.340 e. The first-order valence-electron chi connectivity index (χ1n) is 4.70. The Hall–Kier alpha value is -0.820. The van der Waals surface area contributed by atoms with E-state index < -0.39 is 0 Å². The van der Waals surface area contributed by atoms with Crippen molar-refractivity contribution in [2.75, 3.05) is 0 Å². The van der Waals surface area contributed by atoms with E-state index in [0.29, 0.717) is 0 Å². The second-order valence-corrected chi connectivity index (χ2v) is 3.31. The smallest absolute Gasteiger partial charge is 0.101 e. The van der Waals surface area contributed by atoms with Crippen LogP contribution in [-0.2, 0) is 6.54 Å². The van der Waals surface area contributed by atoms with Gasteiger partial charge in [-0.15, -0.1) is 0 Å². The Morgan fingerprint density at radius 1 is 1.25 bits per heavy atom. The summed E-state index contributed by atoms with van der Waals surface area (Å²) in [5, 5.41) is 2.38. The molecule has 0 radical (unpaired) electrons. The van der Waals surface area contributed by atoms with Gasteiger partial charge < -0.3 is 5.32 Å². The van der Waals surface area contributed by atoms with Crippen molar-refractivity contribution in [2.45, 2.75) is 32.9 Å². The quantitative estimate of drug-likeness (QED) is 0.695. The van der Waals surface area contributed by atoms with Gasteiger partial charge in [0.15, 0.2) is 0 Å². The fourth-order valence-electron chi connectivity index (χ4n) is 1.12. The van der Waals surface area contributed by atoms with Gasteiger partial charge in [-0.05, 0) is 13.3 Å². The number of hydrogen-bond acceptors (Lipinski definition) is 0. The van der Waals surface area contributed by atoms with Crippen molar-refractivity contribution >= 4 is 0 Å². The van der Waals surface area contributed by atoms with Crippen LogP contribution < -0.4 is 5.32 Å². The molecule has 0 saturated heterocycles. The zero-order valence-corrected chi connectivity index (χ0v) is 7.96. The monoisotopic (exact) mass is 164 g/mol. The van der Waals surface area contributed by atoms with Gasteiger partial charge in [-0.3, -0.25) is 0 Å². The van der Waals surface area contributed by atoms with Gasteiger partial charge in [0.05, 0.1) is 6.04 Å². The molecule has 66 valence electrons. The number of rotatable bonds is 4. The topological polar surface area (TPSA) is 16.6 Å². The summed E-state index contributed by atoms with van der Waals surface area (Å²) in [5.74, 6) is 0. The van der Waals surface area contributed by atoms with Crippen molar-refractivity contribution in [3.63, 3.8) is 0 Å². The Kier molecular flexibility index (Phi) is 3.81. The van der Waals surface area contributed by atoms with Crippen LogP contribution in [0.2, 0.25) is 0 Å². The lowest BCUT2D eigenvalue weighted by Crippen LogP contribution is -2.87. The first-order valence-corrected chi connectivity index (χ1v) is 4.70. The highest BCUT2D eigenvalue weighted by Gasteiger charge is 2.00. The number of nitrogens with two attached hydrogens (primary N) is 1. The minimum absolute atomic E-state index is 0.741. The molecule has 0 heterocycles. The lowest BCUT2D eigenvalue weighted by molar-refractivity contribution is -0.701. The average molecular weight is 164 g/mol.